The largest absolute Gasteiger partial charge is 0.336 e. The lowest BCUT2D eigenvalue weighted by Gasteiger charge is -2.15. The molecule has 3 aromatic carbocycles. The fraction of sp³-hybridized carbons (Fsp3) is 0.276. The summed E-state index contributed by atoms with van der Waals surface area (Å²) in [5, 5.41) is 4.28. The molecule has 33 heavy (non-hydrogen) atoms. The summed E-state index contributed by atoms with van der Waals surface area (Å²) in [6.07, 6.45) is 3.12. The van der Waals surface area contributed by atoms with E-state index in [9.17, 15) is 4.79 Å². The molecule has 0 unspecified atom stereocenters. The van der Waals surface area contributed by atoms with Crippen LogP contribution in [0.15, 0.2) is 78.9 Å². The van der Waals surface area contributed by atoms with Crippen molar-refractivity contribution in [3.8, 4) is 11.1 Å². The number of nitrogens with zero attached hydrogens (tertiary/aromatic N) is 2. The zero-order valence-electron chi connectivity index (χ0n) is 19.8. The van der Waals surface area contributed by atoms with E-state index >= 15 is 0 Å². The molecule has 0 saturated carbocycles. The Hall–Kier alpha value is -3.37. The van der Waals surface area contributed by atoms with Crippen molar-refractivity contribution in [2.24, 2.45) is 0 Å². The third kappa shape index (κ3) is 5.18. The summed E-state index contributed by atoms with van der Waals surface area (Å²) >= 11 is 0. The topological polar surface area (TPSA) is 37.3 Å². The molecule has 1 aromatic heterocycles. The van der Waals surface area contributed by atoms with Gasteiger partial charge in [-0.25, -0.2) is 0 Å². The van der Waals surface area contributed by atoms with Crippen LogP contribution in [-0.4, -0.2) is 36.0 Å². The van der Waals surface area contributed by atoms with Crippen LogP contribution in [0.4, 0.5) is 5.69 Å². The lowest BCUT2D eigenvalue weighted by molar-refractivity contribution is 0.101. The first-order valence-electron chi connectivity index (χ1n) is 11.8. The summed E-state index contributed by atoms with van der Waals surface area (Å²) in [7, 11) is 4.16. The summed E-state index contributed by atoms with van der Waals surface area (Å²) in [6, 6.07) is 26.8. The molecule has 4 aromatic rings. The quantitative estimate of drug-likeness (QED) is 0.325. The molecular formula is C29H33N3O. The third-order valence-corrected chi connectivity index (χ3v) is 5.99. The lowest BCUT2D eigenvalue weighted by atomic mass is 10.0. The second kappa shape index (κ2) is 10.5. The zero-order valence-corrected chi connectivity index (χ0v) is 19.8. The monoisotopic (exact) mass is 439 g/mol. The van der Waals surface area contributed by atoms with Crippen LogP contribution in [0.25, 0.3) is 22.0 Å². The van der Waals surface area contributed by atoms with E-state index < -0.39 is 0 Å². The number of hydrogen-bond acceptors (Lipinski definition) is 2. The molecule has 0 fully saturated rings. The molecule has 0 aliphatic heterocycles. The summed E-state index contributed by atoms with van der Waals surface area (Å²) in [6.45, 7) is 3.92. The summed E-state index contributed by atoms with van der Waals surface area (Å²) in [5.74, 6) is -0.0712. The van der Waals surface area contributed by atoms with Crippen LogP contribution >= 0.6 is 0 Å². The predicted molar refractivity (Wildman–Crippen MR) is 139 cm³/mol. The molecule has 0 aliphatic rings. The molecule has 0 aliphatic carbocycles. The van der Waals surface area contributed by atoms with Crippen LogP contribution < -0.4 is 5.32 Å². The van der Waals surface area contributed by atoms with Gasteiger partial charge in [-0.2, -0.15) is 0 Å². The van der Waals surface area contributed by atoms with Gasteiger partial charge in [-0.05, 0) is 62.8 Å². The maximum atomic E-state index is 13.8. The van der Waals surface area contributed by atoms with E-state index in [1.807, 2.05) is 42.5 Å². The van der Waals surface area contributed by atoms with Crippen LogP contribution in [0.1, 0.15) is 35.8 Å². The molecule has 0 bridgehead atoms. The van der Waals surface area contributed by atoms with Crippen molar-refractivity contribution in [3.63, 3.8) is 0 Å². The van der Waals surface area contributed by atoms with Gasteiger partial charge in [0, 0.05) is 28.7 Å². The number of aryl methyl sites for hydroxylation is 2. The van der Waals surface area contributed by atoms with Crippen LogP contribution in [0, 0.1) is 0 Å². The van der Waals surface area contributed by atoms with Crippen LogP contribution in [0.3, 0.4) is 0 Å². The fourth-order valence-electron chi connectivity index (χ4n) is 4.45. The van der Waals surface area contributed by atoms with E-state index in [2.05, 4.69) is 72.2 Å². The van der Waals surface area contributed by atoms with Gasteiger partial charge in [0.1, 0.15) is 5.69 Å². The number of para-hydroxylation sites is 1. The highest BCUT2D eigenvalue weighted by Crippen LogP contribution is 2.35. The minimum Gasteiger partial charge on any atom is -0.336 e. The molecule has 0 spiro atoms. The number of nitrogens with one attached hydrogen (secondary N) is 1. The number of fused-ring (bicyclic) bond motifs is 1. The second-order valence-corrected chi connectivity index (χ2v) is 8.82. The SMILES string of the molecule is CCCc1ccc(NC(=O)c2c(-c3ccccc3)c3ccccc3n2CCCN(C)C)cc1. The average molecular weight is 440 g/mol. The van der Waals surface area contributed by atoms with E-state index in [4.69, 9.17) is 0 Å². The molecule has 1 N–H and O–H groups in total. The third-order valence-electron chi connectivity index (χ3n) is 5.99. The van der Waals surface area contributed by atoms with Gasteiger partial charge in [-0.15, -0.1) is 0 Å². The molecule has 170 valence electrons. The standard InChI is InChI=1S/C29H33N3O/c1-4-11-22-16-18-24(19-17-22)30-29(33)28-27(23-12-6-5-7-13-23)25-14-8-9-15-26(25)32(28)21-10-20-31(2)3/h5-9,12-19H,4,10-11,20-21H2,1-3H3,(H,30,33). The molecule has 0 radical (unpaired) electrons. The smallest absolute Gasteiger partial charge is 0.272 e. The Kier molecular flexibility index (Phi) is 7.26. The first-order valence-corrected chi connectivity index (χ1v) is 11.8. The van der Waals surface area contributed by atoms with Gasteiger partial charge >= 0.3 is 0 Å². The number of carbonyl (C=O) groups excluding carboxylic acids is 1. The van der Waals surface area contributed by atoms with Gasteiger partial charge in [-0.1, -0.05) is 74.0 Å². The number of carbonyl (C=O) groups is 1. The Morgan fingerprint density at radius 2 is 1.61 bits per heavy atom. The number of rotatable bonds is 9. The van der Waals surface area contributed by atoms with Crippen LogP contribution in [0.2, 0.25) is 0 Å². The molecule has 0 atom stereocenters. The Labute approximate surface area is 196 Å². The summed E-state index contributed by atoms with van der Waals surface area (Å²) < 4.78 is 2.20. The van der Waals surface area contributed by atoms with Gasteiger partial charge in [0.25, 0.3) is 5.91 Å². The minimum atomic E-state index is -0.0712. The van der Waals surface area contributed by atoms with Crippen LogP contribution in [0.5, 0.6) is 0 Å². The van der Waals surface area contributed by atoms with E-state index in [1.165, 1.54) is 5.56 Å². The molecule has 1 heterocycles. The number of amides is 1. The normalized spacial score (nSPS) is 11.3. The van der Waals surface area contributed by atoms with Crippen molar-refractivity contribution >= 4 is 22.5 Å². The Morgan fingerprint density at radius 3 is 2.30 bits per heavy atom. The highest BCUT2D eigenvalue weighted by Gasteiger charge is 2.23. The second-order valence-electron chi connectivity index (χ2n) is 8.82. The Balaban J connectivity index is 1.79. The first-order chi connectivity index (χ1) is 16.1. The van der Waals surface area contributed by atoms with Crippen LogP contribution in [-0.2, 0) is 13.0 Å². The van der Waals surface area contributed by atoms with E-state index in [1.54, 1.807) is 0 Å². The van der Waals surface area contributed by atoms with E-state index in [0.29, 0.717) is 0 Å². The molecular weight excluding hydrogens is 406 g/mol. The highest BCUT2D eigenvalue weighted by atomic mass is 16.2. The zero-order chi connectivity index (χ0) is 23.2. The number of anilines is 1. The summed E-state index contributed by atoms with van der Waals surface area (Å²) in [5.41, 5.74) is 5.99. The highest BCUT2D eigenvalue weighted by molar-refractivity contribution is 6.14. The molecule has 0 saturated heterocycles. The maximum Gasteiger partial charge on any atom is 0.272 e. The van der Waals surface area contributed by atoms with Crippen molar-refractivity contribution in [1.82, 2.24) is 9.47 Å². The fourth-order valence-corrected chi connectivity index (χ4v) is 4.45. The van der Waals surface area contributed by atoms with Crippen molar-refractivity contribution in [2.45, 2.75) is 32.7 Å². The molecule has 1 amide bonds. The Bertz CT molecular complexity index is 1210. The van der Waals surface area contributed by atoms with Crippen molar-refractivity contribution in [3.05, 3.63) is 90.1 Å². The number of aromatic nitrogens is 1. The van der Waals surface area contributed by atoms with Crippen molar-refractivity contribution < 1.29 is 4.79 Å². The lowest BCUT2D eigenvalue weighted by Crippen LogP contribution is -2.20. The van der Waals surface area contributed by atoms with Gasteiger partial charge in [-0.3, -0.25) is 4.79 Å². The predicted octanol–water partition coefficient (Wildman–Crippen LogP) is 6.46. The Morgan fingerprint density at radius 1 is 0.909 bits per heavy atom. The van der Waals surface area contributed by atoms with Gasteiger partial charge in [0.15, 0.2) is 0 Å². The molecule has 4 rings (SSSR count). The first kappa shape index (κ1) is 22.8. The van der Waals surface area contributed by atoms with E-state index in [-0.39, 0.29) is 5.91 Å². The minimum absolute atomic E-state index is 0.0712. The number of hydrogen-bond donors (Lipinski definition) is 1. The van der Waals surface area contributed by atoms with Gasteiger partial charge in [0.05, 0.1) is 0 Å². The average Bonchev–Trinajstić information content (AvgIpc) is 3.15. The van der Waals surface area contributed by atoms with E-state index in [0.717, 1.165) is 65.8 Å². The maximum absolute atomic E-state index is 13.8. The molecule has 4 heteroatoms. The van der Waals surface area contributed by atoms with Gasteiger partial charge < -0.3 is 14.8 Å². The van der Waals surface area contributed by atoms with Crippen molar-refractivity contribution in [1.29, 1.82) is 0 Å². The van der Waals surface area contributed by atoms with Crippen molar-refractivity contribution in [2.75, 3.05) is 26.0 Å². The summed E-state index contributed by atoms with van der Waals surface area (Å²) in [4.78, 5) is 15.9. The molecule has 4 nitrogen and oxygen atoms in total. The number of benzene rings is 3. The van der Waals surface area contributed by atoms with Gasteiger partial charge in [0.2, 0.25) is 0 Å².